The number of hydrogen-bond donors (Lipinski definition) is 0. The van der Waals surface area contributed by atoms with E-state index in [1.54, 1.807) is 12.1 Å². The maximum absolute atomic E-state index is 14.3. The third-order valence-electron chi connectivity index (χ3n) is 6.55. The maximum Gasteiger partial charge on any atom is 0.231 e. The number of fused-ring (bicyclic) bond motifs is 1. The Bertz CT molecular complexity index is 1400. The zero-order valence-electron chi connectivity index (χ0n) is 21.4. The molecule has 1 aliphatic heterocycles. The second-order valence-corrected chi connectivity index (χ2v) is 10.3. The highest BCUT2D eigenvalue weighted by molar-refractivity contribution is 9.10. The van der Waals surface area contributed by atoms with Crippen LogP contribution in [0.25, 0.3) is 17.5 Å². The summed E-state index contributed by atoms with van der Waals surface area (Å²) in [6.07, 6.45) is 8.03. The van der Waals surface area contributed by atoms with Crippen molar-refractivity contribution >= 4 is 22.0 Å². The van der Waals surface area contributed by atoms with Gasteiger partial charge in [-0.05, 0) is 42.3 Å². The topological polar surface area (TPSA) is 39.5 Å². The van der Waals surface area contributed by atoms with Crippen molar-refractivity contribution in [1.29, 1.82) is 0 Å². The lowest BCUT2D eigenvalue weighted by atomic mass is 10.1. The van der Waals surface area contributed by atoms with Gasteiger partial charge >= 0.3 is 0 Å². The van der Waals surface area contributed by atoms with Crippen LogP contribution in [0.4, 0.5) is 4.39 Å². The Morgan fingerprint density at radius 2 is 1.87 bits per heavy atom. The van der Waals surface area contributed by atoms with E-state index >= 15 is 0 Å². The van der Waals surface area contributed by atoms with E-state index < -0.39 is 0 Å². The Morgan fingerprint density at radius 1 is 1.03 bits per heavy atom. The van der Waals surface area contributed by atoms with Gasteiger partial charge in [-0.25, -0.2) is 9.37 Å². The molecule has 4 aromatic rings. The van der Waals surface area contributed by atoms with Gasteiger partial charge in [0.05, 0.1) is 11.9 Å². The Balaban J connectivity index is 1.42. The summed E-state index contributed by atoms with van der Waals surface area (Å²) in [6, 6.07) is 21.4. The molecule has 196 valence electrons. The maximum atomic E-state index is 14.3. The molecule has 0 unspecified atom stereocenters. The first-order valence-corrected chi connectivity index (χ1v) is 13.7. The van der Waals surface area contributed by atoms with Crippen LogP contribution in [0.2, 0.25) is 0 Å². The van der Waals surface area contributed by atoms with Gasteiger partial charge in [0.25, 0.3) is 0 Å². The molecule has 0 aliphatic carbocycles. The van der Waals surface area contributed by atoms with Crippen LogP contribution in [0.1, 0.15) is 36.6 Å². The minimum absolute atomic E-state index is 0.239. The molecule has 7 heteroatoms. The van der Waals surface area contributed by atoms with Crippen molar-refractivity contribution in [2.24, 2.45) is 0 Å². The first kappa shape index (κ1) is 26.2. The molecule has 5 nitrogen and oxygen atoms in total. The minimum Gasteiger partial charge on any atom is -0.454 e. The van der Waals surface area contributed by atoms with Gasteiger partial charge in [-0.15, -0.1) is 0 Å². The summed E-state index contributed by atoms with van der Waals surface area (Å²) in [5.74, 6) is 2.30. The predicted molar refractivity (Wildman–Crippen MR) is 152 cm³/mol. The Labute approximate surface area is 231 Å². The SMILES string of the molecule is CCCCn1c(CN(C/C=C/c2cc(Br)ccc2F)Cc2ccc3c(c2)OCO3)cnc1-c1ccccc1. The summed E-state index contributed by atoms with van der Waals surface area (Å²) in [5.41, 5.74) is 3.95. The first-order valence-electron chi connectivity index (χ1n) is 12.9. The molecule has 3 aromatic carbocycles. The van der Waals surface area contributed by atoms with Crippen molar-refractivity contribution in [2.45, 2.75) is 39.4 Å². The highest BCUT2D eigenvalue weighted by Crippen LogP contribution is 2.33. The number of ether oxygens (including phenoxy) is 2. The molecule has 0 bridgehead atoms. The second kappa shape index (κ2) is 12.4. The number of aromatic nitrogens is 2. The van der Waals surface area contributed by atoms with Crippen molar-refractivity contribution in [3.8, 4) is 22.9 Å². The molecular weight excluding hydrogens is 545 g/mol. The Morgan fingerprint density at radius 3 is 2.71 bits per heavy atom. The summed E-state index contributed by atoms with van der Waals surface area (Å²) >= 11 is 3.44. The van der Waals surface area contributed by atoms with E-state index in [9.17, 15) is 4.39 Å². The van der Waals surface area contributed by atoms with Crippen LogP contribution in [0.3, 0.4) is 0 Å². The van der Waals surface area contributed by atoms with Gasteiger partial charge in [0.2, 0.25) is 6.79 Å². The highest BCUT2D eigenvalue weighted by atomic mass is 79.9. The molecule has 0 fully saturated rings. The summed E-state index contributed by atoms with van der Waals surface area (Å²) in [6.45, 7) is 5.40. The molecule has 0 spiro atoms. The van der Waals surface area contributed by atoms with E-state index in [2.05, 4.69) is 50.5 Å². The monoisotopic (exact) mass is 575 g/mol. The van der Waals surface area contributed by atoms with Crippen LogP contribution in [0, 0.1) is 5.82 Å². The van der Waals surface area contributed by atoms with Gasteiger partial charge in [-0.3, -0.25) is 4.90 Å². The lowest BCUT2D eigenvalue weighted by molar-refractivity contribution is 0.174. The molecule has 0 atom stereocenters. The molecule has 0 amide bonds. The summed E-state index contributed by atoms with van der Waals surface area (Å²) < 4.78 is 28.6. The molecule has 0 radical (unpaired) electrons. The van der Waals surface area contributed by atoms with Gasteiger partial charge in [0.1, 0.15) is 11.6 Å². The zero-order valence-corrected chi connectivity index (χ0v) is 23.0. The molecule has 0 saturated heterocycles. The van der Waals surface area contributed by atoms with E-state index in [4.69, 9.17) is 14.5 Å². The molecule has 1 aliphatic rings. The number of hydrogen-bond acceptors (Lipinski definition) is 4. The van der Waals surface area contributed by atoms with Crippen molar-refractivity contribution < 1.29 is 13.9 Å². The number of halogens is 2. The smallest absolute Gasteiger partial charge is 0.231 e. The van der Waals surface area contributed by atoms with E-state index in [0.29, 0.717) is 25.2 Å². The van der Waals surface area contributed by atoms with E-state index in [-0.39, 0.29) is 12.6 Å². The first-order chi connectivity index (χ1) is 18.6. The fourth-order valence-corrected chi connectivity index (χ4v) is 4.98. The number of imidazole rings is 1. The molecule has 5 rings (SSSR count). The van der Waals surface area contributed by atoms with Gasteiger partial charge in [0.15, 0.2) is 11.5 Å². The Kier molecular flexibility index (Phi) is 8.56. The van der Waals surface area contributed by atoms with Crippen LogP contribution < -0.4 is 9.47 Å². The third kappa shape index (κ3) is 6.34. The van der Waals surface area contributed by atoms with Crippen molar-refractivity contribution in [3.05, 3.63) is 106 Å². The summed E-state index contributed by atoms with van der Waals surface area (Å²) in [5, 5.41) is 0. The lowest BCUT2D eigenvalue weighted by Crippen LogP contribution is -2.24. The van der Waals surface area contributed by atoms with Crippen LogP contribution in [0.15, 0.2) is 83.5 Å². The minimum atomic E-state index is -0.239. The van der Waals surface area contributed by atoms with E-state index in [1.807, 2.05) is 48.7 Å². The van der Waals surface area contributed by atoms with Crippen LogP contribution >= 0.6 is 15.9 Å². The van der Waals surface area contributed by atoms with Crippen LogP contribution in [-0.4, -0.2) is 27.8 Å². The fraction of sp³-hybridized carbons (Fsp3) is 0.258. The van der Waals surface area contributed by atoms with E-state index in [1.165, 1.54) is 6.07 Å². The van der Waals surface area contributed by atoms with Gasteiger partial charge in [-0.2, -0.15) is 0 Å². The lowest BCUT2D eigenvalue weighted by Gasteiger charge is -2.22. The van der Waals surface area contributed by atoms with Gasteiger partial charge < -0.3 is 14.0 Å². The van der Waals surface area contributed by atoms with Crippen molar-refractivity contribution in [1.82, 2.24) is 14.5 Å². The largest absolute Gasteiger partial charge is 0.454 e. The van der Waals surface area contributed by atoms with Crippen LogP contribution in [0.5, 0.6) is 11.5 Å². The highest BCUT2D eigenvalue weighted by Gasteiger charge is 2.17. The second-order valence-electron chi connectivity index (χ2n) is 9.37. The van der Waals surface area contributed by atoms with Gasteiger partial charge in [-0.1, -0.05) is 77.8 Å². The fourth-order valence-electron chi connectivity index (χ4n) is 4.60. The standard InChI is InChI=1S/C31H31BrFN3O2/c1-2-3-16-36-27(19-34-31(36)24-8-5-4-6-9-24)21-35(15-7-10-25-18-26(32)12-13-28(25)33)20-23-11-14-29-30(17-23)38-22-37-29/h4-14,17-19H,2-3,15-16,20-22H2,1H3/b10-7+. The molecule has 2 heterocycles. The average Bonchev–Trinajstić information content (AvgIpc) is 3.56. The van der Waals surface area contributed by atoms with E-state index in [0.717, 1.165) is 58.0 Å². The Hall–Kier alpha value is -3.42. The summed E-state index contributed by atoms with van der Waals surface area (Å²) in [7, 11) is 0. The molecule has 0 N–H and O–H groups in total. The van der Waals surface area contributed by atoms with Gasteiger partial charge in [0, 0.05) is 41.8 Å². The van der Waals surface area contributed by atoms with Crippen LogP contribution in [-0.2, 0) is 19.6 Å². The number of rotatable bonds is 11. The number of nitrogens with zero attached hydrogens (tertiary/aromatic N) is 3. The molecular formula is C31H31BrFN3O2. The molecule has 38 heavy (non-hydrogen) atoms. The normalized spacial score (nSPS) is 12.6. The quantitative estimate of drug-likeness (QED) is 0.184. The summed E-state index contributed by atoms with van der Waals surface area (Å²) in [4.78, 5) is 7.15. The van der Waals surface area contributed by atoms with Crippen molar-refractivity contribution in [3.63, 3.8) is 0 Å². The number of unbranched alkanes of at least 4 members (excludes halogenated alkanes) is 1. The third-order valence-corrected chi connectivity index (χ3v) is 7.05. The molecule has 0 saturated carbocycles. The number of benzene rings is 3. The predicted octanol–water partition coefficient (Wildman–Crippen LogP) is 7.70. The average molecular weight is 577 g/mol. The van der Waals surface area contributed by atoms with Crippen molar-refractivity contribution in [2.75, 3.05) is 13.3 Å². The molecule has 1 aromatic heterocycles. The zero-order chi connectivity index (χ0) is 26.3.